The molecule has 5 nitrogen and oxygen atoms in total. The van der Waals surface area contributed by atoms with Crippen molar-refractivity contribution in [2.75, 3.05) is 13.1 Å². The minimum Gasteiger partial charge on any atom is -0.480 e. The highest BCUT2D eigenvalue weighted by molar-refractivity contribution is 5.80. The fourth-order valence-electron chi connectivity index (χ4n) is 1.83. The number of nitrogens with one attached hydrogen (secondary N) is 1. The van der Waals surface area contributed by atoms with Gasteiger partial charge in [0, 0.05) is 6.04 Å². The molecule has 0 aliphatic heterocycles. The van der Waals surface area contributed by atoms with Crippen molar-refractivity contribution in [2.24, 2.45) is 0 Å². The van der Waals surface area contributed by atoms with Gasteiger partial charge < -0.3 is 15.3 Å². The standard InChI is InChI=1S/C13H23F3N2O3/c1-3-4-5-6-7-10(2)17-12(21)18(8-11(19)20)9-13(14,15)16/h10H,3-9H2,1-2H3,(H,17,21)(H,19,20). The molecule has 0 aromatic rings. The lowest BCUT2D eigenvalue weighted by atomic mass is 10.1. The van der Waals surface area contributed by atoms with Gasteiger partial charge in [0.1, 0.15) is 13.1 Å². The van der Waals surface area contributed by atoms with E-state index in [0.717, 1.165) is 25.7 Å². The number of halogens is 3. The van der Waals surface area contributed by atoms with Crippen molar-refractivity contribution >= 4 is 12.0 Å². The smallest absolute Gasteiger partial charge is 0.406 e. The third-order valence-corrected chi connectivity index (χ3v) is 2.84. The average molecular weight is 312 g/mol. The van der Waals surface area contributed by atoms with E-state index in [0.29, 0.717) is 6.42 Å². The summed E-state index contributed by atoms with van der Waals surface area (Å²) in [6.07, 6.45) is 0.0278. The van der Waals surface area contributed by atoms with Crippen LogP contribution in [0.2, 0.25) is 0 Å². The van der Waals surface area contributed by atoms with Gasteiger partial charge in [-0.2, -0.15) is 13.2 Å². The molecule has 124 valence electrons. The normalized spacial score (nSPS) is 12.8. The zero-order valence-electron chi connectivity index (χ0n) is 12.4. The summed E-state index contributed by atoms with van der Waals surface area (Å²) in [4.78, 5) is 22.5. The molecule has 0 saturated carbocycles. The number of rotatable bonds is 9. The number of carbonyl (C=O) groups is 2. The molecule has 0 aliphatic carbocycles. The van der Waals surface area contributed by atoms with Crippen LogP contribution >= 0.6 is 0 Å². The molecule has 8 heteroatoms. The minimum atomic E-state index is -4.63. The first-order chi connectivity index (χ1) is 9.65. The van der Waals surface area contributed by atoms with E-state index in [2.05, 4.69) is 12.2 Å². The summed E-state index contributed by atoms with van der Waals surface area (Å²) in [5.74, 6) is -1.48. The van der Waals surface area contributed by atoms with Gasteiger partial charge in [0.25, 0.3) is 0 Å². The van der Waals surface area contributed by atoms with Gasteiger partial charge in [-0.3, -0.25) is 4.79 Å². The lowest BCUT2D eigenvalue weighted by molar-refractivity contribution is -0.149. The molecule has 2 amide bonds. The average Bonchev–Trinajstić information content (AvgIpc) is 2.31. The van der Waals surface area contributed by atoms with Gasteiger partial charge in [-0.1, -0.05) is 32.6 Å². The number of amides is 2. The van der Waals surface area contributed by atoms with Crippen LogP contribution in [0.3, 0.4) is 0 Å². The Bertz CT molecular complexity index is 335. The molecule has 0 aromatic heterocycles. The summed E-state index contributed by atoms with van der Waals surface area (Å²) in [5.41, 5.74) is 0. The summed E-state index contributed by atoms with van der Waals surface area (Å²) in [6.45, 7) is 1.20. The Kier molecular flexibility index (Phi) is 8.80. The van der Waals surface area contributed by atoms with E-state index in [4.69, 9.17) is 5.11 Å². The Morgan fingerprint density at radius 2 is 1.86 bits per heavy atom. The predicted octanol–water partition coefficient (Wildman–Crippen LogP) is 3.00. The van der Waals surface area contributed by atoms with Crippen LogP contribution in [-0.2, 0) is 4.79 Å². The van der Waals surface area contributed by atoms with Gasteiger partial charge in [-0.15, -0.1) is 0 Å². The maximum atomic E-state index is 12.3. The van der Waals surface area contributed by atoms with Crippen LogP contribution in [0.5, 0.6) is 0 Å². The van der Waals surface area contributed by atoms with E-state index in [-0.39, 0.29) is 10.9 Å². The number of hydrogen-bond donors (Lipinski definition) is 2. The fourth-order valence-corrected chi connectivity index (χ4v) is 1.83. The Morgan fingerprint density at radius 1 is 1.24 bits per heavy atom. The summed E-state index contributed by atoms with van der Waals surface area (Å²) in [5, 5.41) is 11.0. The summed E-state index contributed by atoms with van der Waals surface area (Å²) in [6, 6.07) is -1.29. The Labute approximate surface area is 122 Å². The molecule has 1 atom stereocenters. The van der Waals surface area contributed by atoms with Crippen molar-refractivity contribution in [3.05, 3.63) is 0 Å². The first-order valence-electron chi connectivity index (χ1n) is 6.99. The minimum absolute atomic E-state index is 0.255. The topological polar surface area (TPSA) is 69.6 Å². The first-order valence-corrected chi connectivity index (χ1v) is 6.99. The third kappa shape index (κ3) is 10.9. The van der Waals surface area contributed by atoms with Gasteiger partial charge in [-0.05, 0) is 13.3 Å². The number of carboxylic acids is 1. The number of carboxylic acid groups (broad SMARTS) is 1. The summed E-state index contributed by atoms with van der Waals surface area (Å²) >= 11 is 0. The molecule has 0 aliphatic rings. The van der Waals surface area contributed by atoms with Crippen molar-refractivity contribution in [3.63, 3.8) is 0 Å². The number of hydrogen-bond acceptors (Lipinski definition) is 2. The van der Waals surface area contributed by atoms with Gasteiger partial charge in [0.15, 0.2) is 0 Å². The lowest BCUT2D eigenvalue weighted by Gasteiger charge is -2.24. The highest BCUT2D eigenvalue weighted by Crippen LogP contribution is 2.16. The molecular weight excluding hydrogens is 289 g/mol. The molecule has 0 rings (SSSR count). The highest BCUT2D eigenvalue weighted by atomic mass is 19.4. The molecular formula is C13H23F3N2O3. The van der Waals surface area contributed by atoms with Crippen LogP contribution in [0.15, 0.2) is 0 Å². The van der Waals surface area contributed by atoms with Crippen LogP contribution in [0.1, 0.15) is 46.0 Å². The second-order valence-corrected chi connectivity index (χ2v) is 5.06. The lowest BCUT2D eigenvalue weighted by Crippen LogP contribution is -2.49. The molecule has 0 fully saturated rings. The van der Waals surface area contributed by atoms with Crippen molar-refractivity contribution in [2.45, 2.75) is 58.2 Å². The Balaban J connectivity index is 4.35. The van der Waals surface area contributed by atoms with E-state index in [1.54, 1.807) is 6.92 Å². The maximum absolute atomic E-state index is 12.3. The van der Waals surface area contributed by atoms with E-state index in [1.165, 1.54) is 0 Å². The zero-order valence-corrected chi connectivity index (χ0v) is 12.4. The van der Waals surface area contributed by atoms with E-state index < -0.39 is 31.3 Å². The molecule has 1 unspecified atom stereocenters. The van der Waals surface area contributed by atoms with Crippen molar-refractivity contribution in [3.8, 4) is 0 Å². The number of urea groups is 1. The number of alkyl halides is 3. The SMILES string of the molecule is CCCCCCC(C)NC(=O)N(CC(=O)O)CC(F)(F)F. The maximum Gasteiger partial charge on any atom is 0.406 e. The van der Waals surface area contributed by atoms with Crippen LogP contribution in [0, 0.1) is 0 Å². The van der Waals surface area contributed by atoms with Crippen molar-refractivity contribution < 1.29 is 27.9 Å². The number of nitrogens with zero attached hydrogens (tertiary/aromatic N) is 1. The van der Waals surface area contributed by atoms with Crippen LogP contribution in [0.4, 0.5) is 18.0 Å². The van der Waals surface area contributed by atoms with Gasteiger partial charge in [0.2, 0.25) is 0 Å². The predicted molar refractivity (Wildman–Crippen MR) is 72.0 cm³/mol. The summed E-state index contributed by atoms with van der Waals surface area (Å²) in [7, 11) is 0. The summed E-state index contributed by atoms with van der Waals surface area (Å²) < 4.78 is 37.0. The van der Waals surface area contributed by atoms with Crippen molar-refractivity contribution in [1.29, 1.82) is 0 Å². The molecule has 0 radical (unpaired) electrons. The van der Waals surface area contributed by atoms with Crippen LogP contribution in [0.25, 0.3) is 0 Å². The second kappa shape index (κ2) is 9.46. The van der Waals surface area contributed by atoms with E-state index in [9.17, 15) is 22.8 Å². The number of unbranched alkanes of at least 4 members (excludes halogenated alkanes) is 3. The van der Waals surface area contributed by atoms with Gasteiger partial charge in [-0.25, -0.2) is 4.79 Å². The van der Waals surface area contributed by atoms with Gasteiger partial charge >= 0.3 is 18.2 Å². The first kappa shape index (κ1) is 19.5. The molecule has 2 N–H and O–H groups in total. The third-order valence-electron chi connectivity index (χ3n) is 2.84. The second-order valence-electron chi connectivity index (χ2n) is 5.06. The largest absolute Gasteiger partial charge is 0.480 e. The fraction of sp³-hybridized carbons (Fsp3) is 0.846. The molecule has 0 aromatic carbocycles. The van der Waals surface area contributed by atoms with Crippen molar-refractivity contribution in [1.82, 2.24) is 10.2 Å². The quantitative estimate of drug-likeness (QED) is 0.643. The number of carbonyl (C=O) groups excluding carboxylic acids is 1. The zero-order chi connectivity index (χ0) is 16.5. The molecule has 0 heterocycles. The highest BCUT2D eigenvalue weighted by Gasteiger charge is 2.34. The monoisotopic (exact) mass is 312 g/mol. The molecule has 0 spiro atoms. The van der Waals surface area contributed by atoms with Crippen LogP contribution < -0.4 is 5.32 Å². The van der Waals surface area contributed by atoms with Crippen LogP contribution in [-0.4, -0.2) is 47.3 Å². The number of aliphatic carboxylic acids is 1. The molecule has 0 saturated heterocycles. The van der Waals surface area contributed by atoms with Gasteiger partial charge in [0.05, 0.1) is 0 Å². The Hall–Kier alpha value is -1.47. The van der Waals surface area contributed by atoms with E-state index in [1.807, 2.05) is 0 Å². The Morgan fingerprint density at radius 3 is 2.33 bits per heavy atom. The van der Waals surface area contributed by atoms with E-state index >= 15 is 0 Å². The molecule has 0 bridgehead atoms. The molecule has 21 heavy (non-hydrogen) atoms.